The summed E-state index contributed by atoms with van der Waals surface area (Å²) in [7, 11) is -3.48. The van der Waals surface area contributed by atoms with Gasteiger partial charge in [0.1, 0.15) is 6.73 Å². The van der Waals surface area contributed by atoms with Crippen molar-refractivity contribution in [2.45, 2.75) is 18.2 Å². The Bertz CT molecular complexity index is 509. The summed E-state index contributed by atoms with van der Waals surface area (Å²) >= 11 is 5.94. The van der Waals surface area contributed by atoms with E-state index in [1.165, 1.54) is 10.4 Å². The van der Waals surface area contributed by atoms with Crippen molar-refractivity contribution < 1.29 is 13.2 Å². The zero-order valence-electron chi connectivity index (χ0n) is 9.52. The summed E-state index contributed by atoms with van der Waals surface area (Å²) in [5, 5.41) is 0.462. The largest absolute Gasteiger partial charge is 0.365 e. The van der Waals surface area contributed by atoms with Crippen LogP contribution in [0.1, 0.15) is 12.0 Å². The van der Waals surface area contributed by atoms with Gasteiger partial charge in [0.15, 0.2) is 0 Å². The summed E-state index contributed by atoms with van der Waals surface area (Å²) < 4.78 is 31.0. The molecule has 0 unspecified atom stereocenters. The molecule has 4 nitrogen and oxygen atoms in total. The molecular formula is C11H14ClNO3S. The van der Waals surface area contributed by atoms with Crippen LogP contribution in [-0.2, 0) is 14.8 Å². The first-order valence-electron chi connectivity index (χ1n) is 5.36. The molecule has 94 valence electrons. The second kappa shape index (κ2) is 4.94. The monoisotopic (exact) mass is 275 g/mol. The topological polar surface area (TPSA) is 46.6 Å². The van der Waals surface area contributed by atoms with Gasteiger partial charge in [0, 0.05) is 18.2 Å². The minimum Gasteiger partial charge on any atom is -0.365 e. The molecule has 2 rings (SSSR count). The maximum absolute atomic E-state index is 12.2. The molecule has 0 radical (unpaired) electrons. The fraction of sp³-hybridized carbons (Fsp3) is 0.455. The normalized spacial score (nSPS) is 18.2. The van der Waals surface area contributed by atoms with Gasteiger partial charge in [0.2, 0.25) is 10.0 Å². The fourth-order valence-corrected chi connectivity index (χ4v) is 3.28. The summed E-state index contributed by atoms with van der Waals surface area (Å²) in [6.07, 6.45) is 0.721. The van der Waals surface area contributed by atoms with Crippen LogP contribution in [0.3, 0.4) is 0 Å². The van der Waals surface area contributed by atoms with E-state index in [9.17, 15) is 8.42 Å². The molecule has 1 saturated heterocycles. The molecule has 1 aliphatic heterocycles. The fourth-order valence-electron chi connectivity index (χ4n) is 1.65. The SMILES string of the molecule is Cc1ccc(S(=O)(=O)N2CCCOC2)cc1Cl. The van der Waals surface area contributed by atoms with Crippen LogP contribution in [0.25, 0.3) is 0 Å². The van der Waals surface area contributed by atoms with Gasteiger partial charge in [-0.3, -0.25) is 0 Å². The van der Waals surface area contributed by atoms with Crippen molar-refractivity contribution in [1.82, 2.24) is 4.31 Å². The Morgan fingerprint density at radius 3 is 2.76 bits per heavy atom. The Hall–Kier alpha value is -0.620. The molecule has 17 heavy (non-hydrogen) atoms. The number of ether oxygens (including phenoxy) is 1. The number of halogens is 1. The first-order valence-corrected chi connectivity index (χ1v) is 7.17. The summed E-state index contributed by atoms with van der Waals surface area (Å²) in [6, 6.07) is 4.77. The van der Waals surface area contributed by atoms with Gasteiger partial charge in [-0.15, -0.1) is 0 Å². The maximum atomic E-state index is 12.2. The van der Waals surface area contributed by atoms with Crippen LogP contribution in [0.4, 0.5) is 0 Å². The molecule has 0 aromatic heterocycles. The lowest BCUT2D eigenvalue weighted by Gasteiger charge is -2.26. The number of nitrogens with zero attached hydrogens (tertiary/aromatic N) is 1. The van der Waals surface area contributed by atoms with Crippen molar-refractivity contribution in [1.29, 1.82) is 0 Å². The highest BCUT2D eigenvalue weighted by molar-refractivity contribution is 7.89. The van der Waals surface area contributed by atoms with E-state index in [0.29, 0.717) is 18.2 Å². The lowest BCUT2D eigenvalue weighted by atomic mass is 10.2. The Morgan fingerprint density at radius 1 is 1.41 bits per heavy atom. The Morgan fingerprint density at radius 2 is 2.18 bits per heavy atom. The third-order valence-electron chi connectivity index (χ3n) is 2.71. The quantitative estimate of drug-likeness (QED) is 0.830. The standard InChI is InChI=1S/C11H14ClNO3S/c1-9-3-4-10(7-11(9)12)17(14,15)13-5-2-6-16-8-13/h3-4,7H,2,5-6,8H2,1H3. The Kier molecular flexibility index (Phi) is 3.73. The van der Waals surface area contributed by atoms with Crippen molar-refractivity contribution in [2.75, 3.05) is 19.9 Å². The third kappa shape index (κ3) is 2.63. The van der Waals surface area contributed by atoms with Crippen LogP contribution in [0, 0.1) is 6.92 Å². The first-order chi connectivity index (χ1) is 8.01. The molecular weight excluding hydrogens is 262 g/mol. The van der Waals surface area contributed by atoms with Crippen molar-refractivity contribution in [2.24, 2.45) is 0 Å². The molecule has 0 bridgehead atoms. The molecule has 0 amide bonds. The predicted octanol–water partition coefficient (Wildman–Crippen LogP) is 2.02. The minimum absolute atomic E-state index is 0.119. The average molecular weight is 276 g/mol. The number of rotatable bonds is 2. The van der Waals surface area contributed by atoms with E-state index >= 15 is 0 Å². The van der Waals surface area contributed by atoms with Gasteiger partial charge in [0.25, 0.3) is 0 Å². The second-order valence-corrected chi connectivity index (χ2v) is 6.33. The number of hydrogen-bond donors (Lipinski definition) is 0. The van der Waals surface area contributed by atoms with Gasteiger partial charge < -0.3 is 4.74 Å². The average Bonchev–Trinajstić information content (AvgIpc) is 2.33. The molecule has 1 fully saturated rings. The van der Waals surface area contributed by atoms with Gasteiger partial charge in [-0.25, -0.2) is 8.42 Å². The molecule has 1 heterocycles. The molecule has 0 atom stereocenters. The summed E-state index contributed by atoms with van der Waals surface area (Å²) in [6.45, 7) is 3.06. The van der Waals surface area contributed by atoms with Crippen LogP contribution in [0.2, 0.25) is 5.02 Å². The van der Waals surface area contributed by atoms with Crippen molar-refractivity contribution >= 4 is 21.6 Å². The Balaban J connectivity index is 2.33. The van der Waals surface area contributed by atoms with Crippen LogP contribution in [0.15, 0.2) is 23.1 Å². The van der Waals surface area contributed by atoms with Crippen LogP contribution >= 0.6 is 11.6 Å². The van der Waals surface area contributed by atoms with Crippen molar-refractivity contribution in [3.05, 3.63) is 28.8 Å². The highest BCUT2D eigenvalue weighted by Gasteiger charge is 2.26. The summed E-state index contributed by atoms with van der Waals surface area (Å²) in [5.74, 6) is 0. The molecule has 0 saturated carbocycles. The molecule has 1 aromatic rings. The Labute approximate surface area is 106 Å². The van der Waals surface area contributed by atoms with Gasteiger partial charge >= 0.3 is 0 Å². The highest BCUT2D eigenvalue weighted by atomic mass is 35.5. The van der Waals surface area contributed by atoms with Crippen LogP contribution in [-0.4, -0.2) is 32.6 Å². The number of hydrogen-bond acceptors (Lipinski definition) is 3. The predicted molar refractivity (Wildman–Crippen MR) is 65.5 cm³/mol. The maximum Gasteiger partial charge on any atom is 0.245 e. The van der Waals surface area contributed by atoms with E-state index in [1.54, 1.807) is 12.1 Å². The zero-order valence-corrected chi connectivity index (χ0v) is 11.1. The van der Waals surface area contributed by atoms with Gasteiger partial charge in [-0.2, -0.15) is 4.31 Å². The molecule has 1 aromatic carbocycles. The minimum atomic E-state index is -3.48. The highest BCUT2D eigenvalue weighted by Crippen LogP contribution is 2.23. The van der Waals surface area contributed by atoms with E-state index in [-0.39, 0.29) is 11.6 Å². The van der Waals surface area contributed by atoms with E-state index in [0.717, 1.165) is 12.0 Å². The second-order valence-electron chi connectivity index (χ2n) is 3.98. The summed E-state index contributed by atoms with van der Waals surface area (Å²) in [4.78, 5) is 0.221. The molecule has 0 N–H and O–H groups in total. The first kappa shape index (κ1) is 12.8. The zero-order chi connectivity index (χ0) is 12.5. The lowest BCUT2D eigenvalue weighted by molar-refractivity contribution is 0.0313. The van der Waals surface area contributed by atoms with Gasteiger partial charge in [-0.1, -0.05) is 17.7 Å². The van der Waals surface area contributed by atoms with Crippen molar-refractivity contribution in [3.63, 3.8) is 0 Å². The van der Waals surface area contributed by atoms with E-state index in [4.69, 9.17) is 16.3 Å². The van der Waals surface area contributed by atoms with E-state index < -0.39 is 10.0 Å². The number of aryl methyl sites for hydroxylation is 1. The summed E-state index contributed by atoms with van der Waals surface area (Å²) in [5.41, 5.74) is 0.862. The molecule has 6 heteroatoms. The number of benzene rings is 1. The van der Waals surface area contributed by atoms with Crippen LogP contribution in [0.5, 0.6) is 0 Å². The van der Waals surface area contributed by atoms with E-state index in [2.05, 4.69) is 0 Å². The van der Waals surface area contributed by atoms with Gasteiger partial charge in [-0.05, 0) is 31.0 Å². The number of sulfonamides is 1. The molecule has 0 aliphatic carbocycles. The van der Waals surface area contributed by atoms with Crippen LogP contribution < -0.4 is 0 Å². The van der Waals surface area contributed by atoms with Gasteiger partial charge in [0.05, 0.1) is 4.90 Å². The smallest absolute Gasteiger partial charge is 0.245 e. The van der Waals surface area contributed by atoms with Crippen molar-refractivity contribution in [3.8, 4) is 0 Å². The molecule has 1 aliphatic rings. The third-order valence-corrected chi connectivity index (χ3v) is 4.94. The van der Waals surface area contributed by atoms with E-state index in [1.807, 2.05) is 6.92 Å². The lowest BCUT2D eigenvalue weighted by Crippen LogP contribution is -2.38. The molecule has 0 spiro atoms.